The molecule has 0 spiro atoms. The number of fused-ring (bicyclic) bond motifs is 10. The second-order valence-corrected chi connectivity index (χ2v) is 13.4. The molecule has 0 radical (unpaired) electrons. The largest absolute Gasteiger partial charge is 0.311 e. The number of thiophene rings is 1. The summed E-state index contributed by atoms with van der Waals surface area (Å²) in [5.74, 6) is 0. The van der Waals surface area contributed by atoms with Crippen LogP contribution >= 0.6 is 11.3 Å². The molecule has 0 fully saturated rings. The number of aromatic nitrogens is 4. The summed E-state index contributed by atoms with van der Waals surface area (Å²) in [5, 5.41) is 6.53. The van der Waals surface area contributed by atoms with Crippen molar-refractivity contribution in [1.29, 1.82) is 0 Å². The SMILES string of the molecule is C1=C(c2ccccc2)CCc2c1c1c3ccccc3c3c4ccccc4sc3c1n2-c1cc(-c2ccccn2)nc(-c2ccccn2)c1. The highest BCUT2D eigenvalue weighted by atomic mass is 32.1. The van der Waals surface area contributed by atoms with Crippen LogP contribution in [-0.2, 0) is 6.42 Å². The van der Waals surface area contributed by atoms with Crippen LogP contribution in [-0.4, -0.2) is 19.5 Å². The summed E-state index contributed by atoms with van der Waals surface area (Å²) >= 11 is 1.89. The Morgan fingerprint density at radius 3 is 1.88 bits per heavy atom. The van der Waals surface area contributed by atoms with Crippen molar-refractivity contribution in [2.24, 2.45) is 0 Å². The summed E-state index contributed by atoms with van der Waals surface area (Å²) in [6, 6.07) is 45.1. The molecule has 226 valence electrons. The summed E-state index contributed by atoms with van der Waals surface area (Å²) in [6.07, 6.45) is 8.01. The van der Waals surface area contributed by atoms with Crippen LogP contribution in [0.1, 0.15) is 23.2 Å². The second kappa shape index (κ2) is 10.8. The molecule has 0 N–H and O–H groups in total. The van der Waals surface area contributed by atoms with Crippen LogP contribution in [0, 0.1) is 0 Å². The van der Waals surface area contributed by atoms with Gasteiger partial charge in [0.25, 0.3) is 0 Å². The van der Waals surface area contributed by atoms with Gasteiger partial charge in [0, 0.05) is 44.5 Å². The van der Waals surface area contributed by atoms with Crippen molar-refractivity contribution in [3.8, 4) is 28.5 Å². The van der Waals surface area contributed by atoms with Crippen molar-refractivity contribution in [3.05, 3.63) is 157 Å². The molecule has 0 atom stereocenters. The van der Waals surface area contributed by atoms with Crippen LogP contribution in [0.25, 0.3) is 82.0 Å². The first-order valence-electron chi connectivity index (χ1n) is 16.3. The highest BCUT2D eigenvalue weighted by Gasteiger charge is 2.27. The Morgan fingerprint density at radius 1 is 0.562 bits per heavy atom. The van der Waals surface area contributed by atoms with Gasteiger partial charge < -0.3 is 4.57 Å². The minimum Gasteiger partial charge on any atom is -0.311 e. The average Bonchev–Trinajstić information content (AvgIpc) is 3.72. The molecular weight excluding hydrogens is 605 g/mol. The van der Waals surface area contributed by atoms with Crippen LogP contribution in [0.5, 0.6) is 0 Å². The molecule has 5 heteroatoms. The molecule has 0 aliphatic heterocycles. The van der Waals surface area contributed by atoms with E-state index in [4.69, 9.17) is 15.0 Å². The quantitative estimate of drug-likeness (QED) is 0.194. The predicted octanol–water partition coefficient (Wildman–Crippen LogP) is 11.2. The average molecular weight is 633 g/mol. The number of hydrogen-bond acceptors (Lipinski definition) is 4. The summed E-state index contributed by atoms with van der Waals surface area (Å²) < 4.78 is 5.15. The lowest BCUT2D eigenvalue weighted by Gasteiger charge is -2.19. The zero-order valence-corrected chi connectivity index (χ0v) is 26.8. The highest BCUT2D eigenvalue weighted by molar-refractivity contribution is 7.27. The van der Waals surface area contributed by atoms with Gasteiger partial charge in [-0.15, -0.1) is 11.3 Å². The van der Waals surface area contributed by atoms with Crippen molar-refractivity contribution in [1.82, 2.24) is 19.5 Å². The molecule has 10 rings (SSSR count). The molecule has 0 amide bonds. The molecule has 0 saturated heterocycles. The van der Waals surface area contributed by atoms with E-state index in [9.17, 15) is 0 Å². The van der Waals surface area contributed by atoms with E-state index in [1.54, 1.807) is 0 Å². The first kappa shape index (κ1) is 27.2. The molecule has 4 nitrogen and oxygen atoms in total. The number of allylic oxidation sites excluding steroid dienone is 1. The molecular formula is C43H28N4S. The standard InChI is InChI=1S/C43H28N4S/c1-2-12-27(13-3-1)28-20-21-38-33(24-28)40-30-14-4-5-15-31(30)41-32-16-6-7-19-39(32)48-43(41)42(40)47(38)29-25-36(34-17-8-10-22-44-34)46-37(26-29)35-18-9-11-23-45-35/h1-19,22-26H,20-21H2. The van der Waals surface area contributed by atoms with E-state index in [-0.39, 0.29) is 0 Å². The van der Waals surface area contributed by atoms with Gasteiger partial charge in [0.2, 0.25) is 0 Å². The van der Waals surface area contributed by atoms with Crippen LogP contribution in [0.2, 0.25) is 0 Å². The van der Waals surface area contributed by atoms with Crippen LogP contribution in [0.4, 0.5) is 0 Å². The van der Waals surface area contributed by atoms with Gasteiger partial charge in [0.15, 0.2) is 0 Å². The van der Waals surface area contributed by atoms with E-state index in [0.717, 1.165) is 41.3 Å². The normalized spacial score (nSPS) is 13.0. The molecule has 9 aromatic rings. The van der Waals surface area contributed by atoms with Crippen LogP contribution in [0.15, 0.2) is 140 Å². The van der Waals surface area contributed by atoms with Gasteiger partial charge >= 0.3 is 0 Å². The third kappa shape index (κ3) is 4.18. The summed E-state index contributed by atoms with van der Waals surface area (Å²) in [4.78, 5) is 14.6. The van der Waals surface area contributed by atoms with Gasteiger partial charge in [-0.2, -0.15) is 0 Å². The first-order valence-corrected chi connectivity index (χ1v) is 17.1. The van der Waals surface area contributed by atoms with Crippen molar-refractivity contribution < 1.29 is 0 Å². The van der Waals surface area contributed by atoms with Gasteiger partial charge in [-0.25, -0.2) is 4.98 Å². The van der Waals surface area contributed by atoms with E-state index in [0.29, 0.717) is 0 Å². The summed E-state index contributed by atoms with van der Waals surface area (Å²) in [6.45, 7) is 0. The Morgan fingerprint density at radius 2 is 1.19 bits per heavy atom. The third-order valence-electron chi connectivity index (χ3n) is 9.60. The molecule has 1 aliphatic carbocycles. The van der Waals surface area contributed by atoms with E-state index in [2.05, 4.69) is 102 Å². The van der Waals surface area contributed by atoms with E-state index in [1.165, 1.54) is 64.2 Å². The summed E-state index contributed by atoms with van der Waals surface area (Å²) in [5.41, 5.74) is 11.0. The smallest absolute Gasteiger partial charge is 0.0915 e. The number of nitrogens with zero attached hydrogens (tertiary/aromatic N) is 4. The van der Waals surface area contributed by atoms with Crippen LogP contribution in [0.3, 0.4) is 0 Å². The van der Waals surface area contributed by atoms with Crippen LogP contribution < -0.4 is 0 Å². The Hall–Kier alpha value is -5.91. The predicted molar refractivity (Wildman–Crippen MR) is 201 cm³/mol. The van der Waals surface area contributed by atoms with Crippen molar-refractivity contribution in [2.45, 2.75) is 12.8 Å². The van der Waals surface area contributed by atoms with Crippen molar-refractivity contribution in [2.75, 3.05) is 0 Å². The molecule has 4 aromatic carbocycles. The van der Waals surface area contributed by atoms with E-state index >= 15 is 0 Å². The van der Waals surface area contributed by atoms with Gasteiger partial charge in [0.1, 0.15) is 0 Å². The van der Waals surface area contributed by atoms with E-state index in [1.807, 2.05) is 60.1 Å². The Labute approximate surface area is 281 Å². The highest BCUT2D eigenvalue weighted by Crippen LogP contribution is 2.49. The zero-order valence-electron chi connectivity index (χ0n) is 26.0. The second-order valence-electron chi connectivity index (χ2n) is 12.3. The molecule has 5 heterocycles. The molecule has 1 aliphatic rings. The maximum atomic E-state index is 5.13. The monoisotopic (exact) mass is 632 g/mol. The minimum absolute atomic E-state index is 0.828. The molecule has 5 aromatic heterocycles. The van der Waals surface area contributed by atoms with Gasteiger partial charge in [-0.1, -0.05) is 84.9 Å². The van der Waals surface area contributed by atoms with Gasteiger partial charge in [-0.3, -0.25) is 9.97 Å². The fourth-order valence-electron chi connectivity index (χ4n) is 7.53. The molecule has 0 bridgehead atoms. The molecule has 48 heavy (non-hydrogen) atoms. The lowest BCUT2D eigenvalue weighted by molar-refractivity contribution is 0.898. The number of rotatable bonds is 4. The lowest BCUT2D eigenvalue weighted by Crippen LogP contribution is -2.06. The van der Waals surface area contributed by atoms with E-state index < -0.39 is 0 Å². The zero-order chi connectivity index (χ0) is 31.6. The fraction of sp³-hybridized carbons (Fsp3) is 0.0465. The third-order valence-corrected chi connectivity index (χ3v) is 10.8. The van der Waals surface area contributed by atoms with Crippen molar-refractivity contribution in [3.63, 3.8) is 0 Å². The minimum atomic E-state index is 0.828. The number of benzene rings is 4. The molecule has 0 saturated carbocycles. The lowest BCUT2D eigenvalue weighted by atomic mass is 9.90. The summed E-state index contributed by atoms with van der Waals surface area (Å²) in [7, 11) is 0. The topological polar surface area (TPSA) is 43.6 Å². The number of hydrogen-bond donors (Lipinski definition) is 0. The maximum absolute atomic E-state index is 5.13. The Bertz CT molecular complexity index is 2650. The van der Waals surface area contributed by atoms with Gasteiger partial charge in [-0.05, 0) is 83.3 Å². The Balaban J connectivity index is 1.38. The van der Waals surface area contributed by atoms with Gasteiger partial charge in [0.05, 0.1) is 38.7 Å². The fourth-order valence-corrected chi connectivity index (χ4v) is 8.79. The molecule has 0 unspecified atom stereocenters. The number of pyridine rings is 3. The first-order chi connectivity index (χ1) is 23.8. The maximum Gasteiger partial charge on any atom is 0.0915 e. The van der Waals surface area contributed by atoms with Crippen molar-refractivity contribution >= 4 is 64.8 Å². The Kier molecular flexibility index (Phi) is 6.14.